The first-order chi connectivity index (χ1) is 12.0. The zero-order valence-electron chi connectivity index (χ0n) is 14.3. The van der Waals surface area contributed by atoms with Crippen LogP contribution in [0.1, 0.15) is 56.7 Å². The van der Waals surface area contributed by atoms with Crippen LogP contribution < -0.4 is 0 Å². The van der Waals surface area contributed by atoms with Crippen molar-refractivity contribution >= 4 is 16.8 Å². The van der Waals surface area contributed by atoms with Crippen molar-refractivity contribution < 1.29 is 13.6 Å². The summed E-state index contributed by atoms with van der Waals surface area (Å²) in [4.78, 5) is 18.3. The maximum Gasteiger partial charge on any atom is 0.248 e. The van der Waals surface area contributed by atoms with E-state index in [0.717, 1.165) is 35.9 Å². The van der Waals surface area contributed by atoms with Gasteiger partial charge in [0.2, 0.25) is 11.8 Å². The van der Waals surface area contributed by atoms with Crippen LogP contribution in [0.5, 0.6) is 0 Å². The largest absolute Gasteiger partial charge is 0.357 e. The summed E-state index contributed by atoms with van der Waals surface area (Å²) in [5, 5.41) is 1.12. The Balaban J connectivity index is 1.59. The minimum atomic E-state index is -2.69. The van der Waals surface area contributed by atoms with Crippen LogP contribution in [0, 0.1) is 5.92 Å². The number of aromatic nitrogens is 1. The molecule has 134 valence electrons. The molecule has 2 aliphatic rings. The number of carbonyl (C=O) groups excluding carboxylic acids is 1. The smallest absolute Gasteiger partial charge is 0.248 e. The molecule has 0 bridgehead atoms. The molecular formula is C20H24F2N2O. The van der Waals surface area contributed by atoms with E-state index in [-0.39, 0.29) is 24.8 Å². The summed E-state index contributed by atoms with van der Waals surface area (Å²) >= 11 is 0. The molecule has 1 saturated heterocycles. The number of nitrogens with zero attached hydrogens (tertiary/aromatic N) is 1. The van der Waals surface area contributed by atoms with E-state index in [1.165, 1.54) is 0 Å². The predicted molar refractivity (Wildman–Crippen MR) is 93.5 cm³/mol. The molecule has 3 nitrogen and oxygen atoms in total. The number of H-pyrrole nitrogens is 1. The molecule has 1 aliphatic heterocycles. The highest BCUT2D eigenvalue weighted by Crippen LogP contribution is 2.40. The molecule has 5 heteroatoms. The van der Waals surface area contributed by atoms with Gasteiger partial charge < -0.3 is 9.88 Å². The SMILES string of the molecule is O=C([C@@H]1CCCC(F)(F)C1)N1CCCC[C@@H]1c1cc2ccccc2[nH]1. The maximum absolute atomic E-state index is 13.8. The molecule has 2 heterocycles. The molecule has 0 spiro atoms. The number of hydrogen-bond acceptors (Lipinski definition) is 1. The Labute approximate surface area is 146 Å². The number of likely N-dealkylation sites (tertiary alicyclic amines) is 1. The van der Waals surface area contributed by atoms with Crippen molar-refractivity contribution in [1.82, 2.24) is 9.88 Å². The van der Waals surface area contributed by atoms with Crippen LogP contribution in [0.2, 0.25) is 0 Å². The molecule has 25 heavy (non-hydrogen) atoms. The lowest BCUT2D eigenvalue weighted by Crippen LogP contribution is -2.44. The maximum atomic E-state index is 13.8. The van der Waals surface area contributed by atoms with Gasteiger partial charge in [0.05, 0.1) is 6.04 Å². The van der Waals surface area contributed by atoms with Gasteiger partial charge in [-0.05, 0) is 49.6 Å². The highest BCUT2D eigenvalue weighted by Gasteiger charge is 2.42. The molecule has 1 aromatic heterocycles. The molecule has 1 N–H and O–H groups in total. The number of hydrogen-bond donors (Lipinski definition) is 1. The van der Waals surface area contributed by atoms with Crippen molar-refractivity contribution in [2.45, 2.75) is 56.9 Å². The van der Waals surface area contributed by atoms with Gasteiger partial charge in [-0.2, -0.15) is 0 Å². The van der Waals surface area contributed by atoms with Crippen molar-refractivity contribution in [3.8, 4) is 0 Å². The molecule has 0 unspecified atom stereocenters. The average Bonchev–Trinajstić information content (AvgIpc) is 3.04. The minimum Gasteiger partial charge on any atom is -0.357 e. The number of carbonyl (C=O) groups is 1. The fourth-order valence-corrected chi connectivity index (χ4v) is 4.41. The van der Waals surface area contributed by atoms with E-state index in [4.69, 9.17) is 0 Å². The average molecular weight is 346 g/mol. The lowest BCUT2D eigenvalue weighted by atomic mass is 9.84. The topological polar surface area (TPSA) is 36.1 Å². The first kappa shape index (κ1) is 16.6. The van der Waals surface area contributed by atoms with Crippen LogP contribution in [0.25, 0.3) is 10.9 Å². The van der Waals surface area contributed by atoms with Crippen molar-refractivity contribution in [1.29, 1.82) is 0 Å². The van der Waals surface area contributed by atoms with Gasteiger partial charge in [0.1, 0.15) is 0 Å². The van der Waals surface area contributed by atoms with E-state index >= 15 is 0 Å². The van der Waals surface area contributed by atoms with Gasteiger partial charge >= 0.3 is 0 Å². The Morgan fingerprint density at radius 3 is 2.80 bits per heavy atom. The molecule has 1 aliphatic carbocycles. The van der Waals surface area contributed by atoms with E-state index in [2.05, 4.69) is 11.1 Å². The number of rotatable bonds is 2. The highest BCUT2D eigenvalue weighted by atomic mass is 19.3. The molecule has 1 amide bonds. The lowest BCUT2D eigenvalue weighted by molar-refractivity contribution is -0.146. The van der Waals surface area contributed by atoms with Gasteiger partial charge in [0, 0.05) is 36.5 Å². The van der Waals surface area contributed by atoms with Crippen LogP contribution in [0.3, 0.4) is 0 Å². The van der Waals surface area contributed by atoms with Gasteiger partial charge in [0.15, 0.2) is 0 Å². The Morgan fingerprint density at radius 2 is 2.00 bits per heavy atom. The van der Waals surface area contributed by atoms with E-state index in [1.807, 2.05) is 29.2 Å². The molecular weight excluding hydrogens is 322 g/mol. The highest BCUT2D eigenvalue weighted by molar-refractivity contribution is 5.82. The number of nitrogens with one attached hydrogen (secondary N) is 1. The third-order valence-electron chi connectivity index (χ3n) is 5.69. The summed E-state index contributed by atoms with van der Waals surface area (Å²) < 4.78 is 27.5. The Hall–Kier alpha value is -1.91. The zero-order chi connectivity index (χ0) is 17.4. The summed E-state index contributed by atoms with van der Waals surface area (Å²) in [5.41, 5.74) is 2.08. The molecule has 0 radical (unpaired) electrons. The number of benzene rings is 1. The monoisotopic (exact) mass is 346 g/mol. The standard InChI is InChI=1S/C20H24F2N2O/c21-20(22)10-5-7-15(13-20)19(25)24-11-4-3-9-18(24)17-12-14-6-1-2-8-16(14)23-17/h1-2,6,8,12,15,18,23H,3-5,7,9-11,13H2/t15-,18-/m1/s1. The van der Waals surface area contributed by atoms with Crippen LogP contribution in [0.15, 0.2) is 30.3 Å². The van der Waals surface area contributed by atoms with E-state index in [0.29, 0.717) is 19.4 Å². The third kappa shape index (κ3) is 3.29. The first-order valence-corrected chi connectivity index (χ1v) is 9.29. The number of fused-ring (bicyclic) bond motifs is 1. The Kier molecular flexibility index (Phi) is 4.26. The summed E-state index contributed by atoms with van der Waals surface area (Å²) in [6.07, 6.45) is 3.56. The minimum absolute atomic E-state index is 0.0239. The molecule has 2 aromatic rings. The first-order valence-electron chi connectivity index (χ1n) is 9.29. The number of alkyl halides is 2. The van der Waals surface area contributed by atoms with Crippen LogP contribution in [-0.4, -0.2) is 28.3 Å². The zero-order valence-corrected chi connectivity index (χ0v) is 14.3. The van der Waals surface area contributed by atoms with Gasteiger partial charge in [0.25, 0.3) is 0 Å². The van der Waals surface area contributed by atoms with Crippen molar-refractivity contribution in [2.24, 2.45) is 5.92 Å². The van der Waals surface area contributed by atoms with Crippen molar-refractivity contribution in [2.75, 3.05) is 6.54 Å². The molecule has 2 atom stereocenters. The van der Waals surface area contributed by atoms with Crippen LogP contribution in [-0.2, 0) is 4.79 Å². The summed E-state index contributed by atoms with van der Waals surface area (Å²) in [6, 6.07) is 10.1. The van der Waals surface area contributed by atoms with Gasteiger partial charge in [-0.3, -0.25) is 4.79 Å². The number of halogens is 2. The predicted octanol–water partition coefficient (Wildman–Crippen LogP) is 5.05. The molecule has 1 aromatic carbocycles. The fourth-order valence-electron chi connectivity index (χ4n) is 4.41. The summed E-state index contributed by atoms with van der Waals surface area (Å²) in [5.74, 6) is -3.30. The Bertz CT molecular complexity index is 737. The molecule has 4 rings (SSSR count). The summed E-state index contributed by atoms with van der Waals surface area (Å²) in [6.45, 7) is 0.668. The lowest BCUT2D eigenvalue weighted by Gasteiger charge is -2.39. The second-order valence-electron chi connectivity index (χ2n) is 7.50. The normalized spacial score (nSPS) is 26.7. The van der Waals surface area contributed by atoms with E-state index in [1.54, 1.807) is 0 Å². The molecule has 2 fully saturated rings. The quantitative estimate of drug-likeness (QED) is 0.812. The second-order valence-corrected chi connectivity index (χ2v) is 7.50. The fraction of sp³-hybridized carbons (Fsp3) is 0.550. The van der Waals surface area contributed by atoms with Crippen LogP contribution >= 0.6 is 0 Å². The number of piperidine rings is 1. The van der Waals surface area contributed by atoms with Crippen molar-refractivity contribution in [3.63, 3.8) is 0 Å². The summed E-state index contributed by atoms with van der Waals surface area (Å²) in [7, 11) is 0. The second kappa shape index (κ2) is 6.43. The van der Waals surface area contributed by atoms with Gasteiger partial charge in [-0.15, -0.1) is 0 Å². The van der Waals surface area contributed by atoms with Crippen molar-refractivity contribution in [3.05, 3.63) is 36.0 Å². The van der Waals surface area contributed by atoms with E-state index < -0.39 is 11.8 Å². The van der Waals surface area contributed by atoms with Crippen LogP contribution in [0.4, 0.5) is 8.78 Å². The number of aromatic amines is 1. The van der Waals surface area contributed by atoms with E-state index in [9.17, 15) is 13.6 Å². The van der Waals surface area contributed by atoms with Gasteiger partial charge in [-0.25, -0.2) is 8.78 Å². The number of para-hydroxylation sites is 1. The van der Waals surface area contributed by atoms with Gasteiger partial charge in [-0.1, -0.05) is 18.2 Å². The Morgan fingerprint density at radius 1 is 1.16 bits per heavy atom. The molecule has 1 saturated carbocycles. The third-order valence-corrected chi connectivity index (χ3v) is 5.69. The number of amides is 1.